The van der Waals surface area contributed by atoms with Gasteiger partial charge in [-0.15, -0.1) is 0 Å². The van der Waals surface area contributed by atoms with Crippen LogP contribution in [0.1, 0.15) is 45.4 Å². The van der Waals surface area contributed by atoms with Crippen molar-refractivity contribution >= 4 is 0 Å². The predicted octanol–water partition coefficient (Wildman–Crippen LogP) is 2.09. The average Bonchev–Trinajstić information content (AvgIpc) is 2.92. The van der Waals surface area contributed by atoms with Gasteiger partial charge in [-0.25, -0.2) is 0 Å². The summed E-state index contributed by atoms with van der Waals surface area (Å²) in [6, 6.07) is 0. The molecule has 0 amide bonds. The zero-order chi connectivity index (χ0) is 9.65. The molecule has 3 rings (SSSR count). The topological polar surface area (TPSA) is 21.3 Å². The van der Waals surface area contributed by atoms with E-state index >= 15 is 0 Å². The van der Waals surface area contributed by atoms with Gasteiger partial charge in [0.2, 0.25) is 0 Å². The van der Waals surface area contributed by atoms with E-state index in [0.29, 0.717) is 0 Å². The lowest BCUT2D eigenvalue weighted by Gasteiger charge is -2.46. The third-order valence-electron chi connectivity index (χ3n) is 4.33. The molecule has 1 aliphatic heterocycles. The molecule has 0 aromatic carbocycles. The largest absolute Gasteiger partial charge is 0.366 e. The summed E-state index contributed by atoms with van der Waals surface area (Å²) in [6.45, 7) is 4.48. The Morgan fingerprint density at radius 1 is 1.14 bits per heavy atom. The van der Waals surface area contributed by atoms with Crippen LogP contribution in [0.15, 0.2) is 0 Å². The molecule has 1 atom stereocenters. The molecule has 2 saturated carbocycles. The third-order valence-corrected chi connectivity index (χ3v) is 4.33. The first-order valence-electron chi connectivity index (χ1n) is 6.13. The summed E-state index contributed by atoms with van der Waals surface area (Å²) in [6.07, 6.45) is 8.05. The van der Waals surface area contributed by atoms with Gasteiger partial charge in [-0.05, 0) is 38.5 Å². The molecule has 0 radical (unpaired) electrons. The Labute approximate surface area is 86.4 Å². The van der Waals surface area contributed by atoms with Crippen LogP contribution in [0.4, 0.5) is 0 Å². The molecule has 3 aliphatic rings. The van der Waals surface area contributed by atoms with Crippen molar-refractivity contribution in [3.8, 4) is 0 Å². The molecular weight excluding hydrogens is 174 g/mol. The Morgan fingerprint density at radius 2 is 1.86 bits per heavy atom. The van der Waals surface area contributed by atoms with Crippen molar-refractivity contribution < 1.29 is 4.74 Å². The average molecular weight is 195 g/mol. The summed E-state index contributed by atoms with van der Waals surface area (Å²) in [5, 5.41) is 3.60. The fourth-order valence-electron chi connectivity index (χ4n) is 3.33. The van der Waals surface area contributed by atoms with Crippen LogP contribution in [0.5, 0.6) is 0 Å². The number of morpholine rings is 1. The first-order valence-corrected chi connectivity index (χ1v) is 6.13. The van der Waals surface area contributed by atoms with Gasteiger partial charge in [0, 0.05) is 13.1 Å². The fraction of sp³-hybridized carbons (Fsp3) is 1.00. The highest BCUT2D eigenvalue weighted by atomic mass is 16.5. The number of hydrogen-bond donors (Lipinski definition) is 1. The molecule has 3 fully saturated rings. The summed E-state index contributed by atoms with van der Waals surface area (Å²) in [5.41, 5.74) is 0.373. The zero-order valence-corrected chi connectivity index (χ0v) is 9.14. The quantitative estimate of drug-likeness (QED) is 0.691. The predicted molar refractivity (Wildman–Crippen MR) is 56.3 cm³/mol. The van der Waals surface area contributed by atoms with Crippen molar-refractivity contribution in [3.05, 3.63) is 0 Å². The standard InChI is InChI=1S/C12H21NO/c1-11(10-4-5-10)8-13-9-12(14-11)6-2-3-7-12/h10,13H,2-9H2,1H3. The molecule has 1 heterocycles. The van der Waals surface area contributed by atoms with Crippen LogP contribution >= 0.6 is 0 Å². The van der Waals surface area contributed by atoms with Crippen LogP contribution in [0.25, 0.3) is 0 Å². The highest BCUT2D eigenvalue weighted by Crippen LogP contribution is 2.47. The van der Waals surface area contributed by atoms with Gasteiger partial charge in [0.25, 0.3) is 0 Å². The van der Waals surface area contributed by atoms with Crippen LogP contribution in [-0.2, 0) is 4.74 Å². The van der Waals surface area contributed by atoms with Crippen molar-refractivity contribution in [2.75, 3.05) is 13.1 Å². The van der Waals surface area contributed by atoms with Crippen molar-refractivity contribution in [1.82, 2.24) is 5.32 Å². The van der Waals surface area contributed by atoms with E-state index < -0.39 is 0 Å². The zero-order valence-electron chi connectivity index (χ0n) is 9.14. The number of nitrogens with one attached hydrogen (secondary N) is 1. The summed E-state index contributed by atoms with van der Waals surface area (Å²) >= 11 is 0. The van der Waals surface area contributed by atoms with Crippen molar-refractivity contribution in [3.63, 3.8) is 0 Å². The molecule has 14 heavy (non-hydrogen) atoms. The van der Waals surface area contributed by atoms with E-state index in [2.05, 4.69) is 12.2 Å². The lowest BCUT2D eigenvalue weighted by Crippen LogP contribution is -2.59. The number of hydrogen-bond acceptors (Lipinski definition) is 2. The minimum absolute atomic E-state index is 0.155. The molecular formula is C12H21NO. The summed E-state index contributed by atoms with van der Waals surface area (Å²) in [4.78, 5) is 0. The van der Waals surface area contributed by atoms with Crippen LogP contribution < -0.4 is 5.32 Å². The molecule has 1 spiro atoms. The van der Waals surface area contributed by atoms with Gasteiger partial charge in [0.15, 0.2) is 0 Å². The maximum absolute atomic E-state index is 6.48. The van der Waals surface area contributed by atoms with E-state index in [1.807, 2.05) is 0 Å². The van der Waals surface area contributed by atoms with Crippen LogP contribution in [-0.4, -0.2) is 24.3 Å². The molecule has 1 saturated heterocycles. The third kappa shape index (κ3) is 1.40. The van der Waals surface area contributed by atoms with E-state index in [0.717, 1.165) is 19.0 Å². The van der Waals surface area contributed by atoms with Gasteiger partial charge in [-0.3, -0.25) is 0 Å². The van der Waals surface area contributed by atoms with Gasteiger partial charge in [-0.1, -0.05) is 12.8 Å². The Morgan fingerprint density at radius 3 is 2.50 bits per heavy atom. The summed E-state index contributed by atoms with van der Waals surface area (Å²) < 4.78 is 6.48. The fourth-order valence-corrected chi connectivity index (χ4v) is 3.33. The smallest absolute Gasteiger partial charge is 0.0814 e. The van der Waals surface area contributed by atoms with Crippen molar-refractivity contribution in [1.29, 1.82) is 0 Å². The minimum Gasteiger partial charge on any atom is -0.366 e. The number of ether oxygens (including phenoxy) is 1. The Bertz CT molecular complexity index is 226. The molecule has 2 nitrogen and oxygen atoms in total. The van der Waals surface area contributed by atoms with Gasteiger partial charge < -0.3 is 10.1 Å². The monoisotopic (exact) mass is 195 g/mol. The lowest BCUT2D eigenvalue weighted by molar-refractivity contribution is -0.176. The Hall–Kier alpha value is -0.0800. The van der Waals surface area contributed by atoms with Gasteiger partial charge >= 0.3 is 0 Å². The summed E-state index contributed by atoms with van der Waals surface area (Å²) in [5.74, 6) is 0.841. The molecule has 80 valence electrons. The van der Waals surface area contributed by atoms with Crippen LogP contribution in [0.2, 0.25) is 0 Å². The molecule has 1 N–H and O–H groups in total. The van der Waals surface area contributed by atoms with Crippen molar-refractivity contribution in [2.24, 2.45) is 5.92 Å². The SMILES string of the molecule is CC1(C2CC2)CNCC2(CCCC2)O1. The maximum Gasteiger partial charge on any atom is 0.0814 e. The lowest BCUT2D eigenvalue weighted by atomic mass is 9.91. The summed E-state index contributed by atoms with van der Waals surface area (Å²) in [7, 11) is 0. The highest BCUT2D eigenvalue weighted by molar-refractivity contribution is 5.03. The van der Waals surface area contributed by atoms with Gasteiger partial charge in [-0.2, -0.15) is 0 Å². The minimum atomic E-state index is 0.155. The Balaban J connectivity index is 1.76. The second-order valence-corrected chi connectivity index (χ2v) is 5.68. The molecule has 2 heteroatoms. The second kappa shape index (κ2) is 2.96. The van der Waals surface area contributed by atoms with Crippen molar-refractivity contribution in [2.45, 2.75) is 56.7 Å². The van der Waals surface area contributed by atoms with Crippen LogP contribution in [0, 0.1) is 5.92 Å². The molecule has 2 aliphatic carbocycles. The Kier molecular flexibility index (Phi) is 1.94. The molecule has 0 bridgehead atoms. The first kappa shape index (κ1) is 9.17. The first-order chi connectivity index (χ1) is 6.73. The van der Waals surface area contributed by atoms with Gasteiger partial charge in [0.1, 0.15) is 0 Å². The van der Waals surface area contributed by atoms with E-state index in [1.165, 1.54) is 38.5 Å². The van der Waals surface area contributed by atoms with E-state index in [4.69, 9.17) is 4.74 Å². The van der Waals surface area contributed by atoms with Crippen LogP contribution in [0.3, 0.4) is 0 Å². The van der Waals surface area contributed by atoms with E-state index in [9.17, 15) is 0 Å². The normalized spacial score (nSPS) is 41.8. The molecule has 1 unspecified atom stereocenters. The molecule has 0 aromatic rings. The number of rotatable bonds is 1. The second-order valence-electron chi connectivity index (χ2n) is 5.68. The highest BCUT2D eigenvalue weighted by Gasteiger charge is 2.51. The molecule has 0 aromatic heterocycles. The van der Waals surface area contributed by atoms with E-state index in [-0.39, 0.29) is 11.2 Å². The van der Waals surface area contributed by atoms with Gasteiger partial charge in [0.05, 0.1) is 11.2 Å². The van der Waals surface area contributed by atoms with E-state index in [1.54, 1.807) is 0 Å². The maximum atomic E-state index is 6.48.